The molecule has 2 aliphatic rings. The molecule has 219 valence electrons. The second kappa shape index (κ2) is 10.8. The Labute approximate surface area is 247 Å². The van der Waals surface area contributed by atoms with E-state index < -0.39 is 20.8 Å². The summed E-state index contributed by atoms with van der Waals surface area (Å²) in [5.41, 5.74) is 1.11. The fourth-order valence-corrected chi connectivity index (χ4v) is 8.45. The molecule has 0 N–H and O–H groups in total. The molecule has 1 heterocycles. The van der Waals surface area contributed by atoms with Gasteiger partial charge in [-0.3, -0.25) is 0 Å². The number of hydrogen-bond acceptors (Lipinski definition) is 3. The molecular weight excluding hydrogens is 551 g/mol. The van der Waals surface area contributed by atoms with Gasteiger partial charge in [-0.25, -0.2) is 9.67 Å². The molecule has 4 nitrogen and oxygen atoms in total. The van der Waals surface area contributed by atoms with Gasteiger partial charge in [0, 0.05) is 23.6 Å². The topological polar surface area (TPSA) is 39.9 Å². The van der Waals surface area contributed by atoms with Gasteiger partial charge in [-0.05, 0) is 72.0 Å². The maximum atomic E-state index is 13.3. The molecular formula is C34H37F3N3OSi. The van der Waals surface area contributed by atoms with Crippen molar-refractivity contribution >= 4 is 19.4 Å². The normalized spacial score (nSPS) is 22.1. The molecule has 2 saturated carbocycles. The molecule has 42 heavy (non-hydrogen) atoms. The molecule has 0 amide bonds. The van der Waals surface area contributed by atoms with Crippen molar-refractivity contribution in [2.24, 2.45) is 11.8 Å². The van der Waals surface area contributed by atoms with Crippen molar-refractivity contribution < 1.29 is 17.6 Å². The van der Waals surface area contributed by atoms with Crippen molar-refractivity contribution in [3.05, 3.63) is 95.8 Å². The summed E-state index contributed by atoms with van der Waals surface area (Å²) in [4.78, 5) is 4.83. The van der Waals surface area contributed by atoms with Crippen LogP contribution in [0.15, 0.2) is 78.9 Å². The van der Waals surface area contributed by atoms with Crippen molar-refractivity contribution in [2.75, 3.05) is 0 Å². The van der Waals surface area contributed by atoms with Gasteiger partial charge in [0.2, 0.25) is 0 Å². The minimum Gasteiger partial charge on any atom is -0.404 e. The summed E-state index contributed by atoms with van der Waals surface area (Å²) in [6, 6.07) is 24.8. The number of alkyl halides is 3. The molecule has 2 fully saturated rings. The summed E-state index contributed by atoms with van der Waals surface area (Å²) in [6.45, 7) is 10.8. The van der Waals surface area contributed by atoms with E-state index in [0.29, 0.717) is 23.2 Å². The van der Waals surface area contributed by atoms with Gasteiger partial charge >= 0.3 is 6.18 Å². The molecule has 2 unspecified atom stereocenters. The molecule has 0 aliphatic heterocycles. The van der Waals surface area contributed by atoms with E-state index in [9.17, 15) is 13.2 Å². The first-order valence-electron chi connectivity index (χ1n) is 14.7. The third kappa shape index (κ3) is 5.71. The second-order valence-electron chi connectivity index (χ2n) is 13.0. The highest BCUT2D eigenvalue weighted by Crippen LogP contribution is 2.63. The van der Waals surface area contributed by atoms with Gasteiger partial charge in [0.25, 0.3) is 9.04 Å². The molecule has 4 aromatic rings. The van der Waals surface area contributed by atoms with Crippen LogP contribution in [0.25, 0.3) is 11.4 Å². The smallest absolute Gasteiger partial charge is 0.404 e. The first-order valence-corrected chi connectivity index (χ1v) is 16.1. The molecule has 0 spiro atoms. The highest BCUT2D eigenvalue weighted by molar-refractivity contribution is 6.80. The van der Waals surface area contributed by atoms with Crippen molar-refractivity contribution in [1.29, 1.82) is 0 Å². The van der Waals surface area contributed by atoms with Crippen LogP contribution in [-0.4, -0.2) is 29.9 Å². The average molecular weight is 589 g/mol. The Morgan fingerprint density at radius 3 is 2.07 bits per heavy atom. The summed E-state index contributed by atoms with van der Waals surface area (Å²) >= 11 is 0. The minimum absolute atomic E-state index is 0.0596. The van der Waals surface area contributed by atoms with E-state index in [1.807, 2.05) is 24.6 Å². The first-order chi connectivity index (χ1) is 19.9. The Balaban J connectivity index is 1.20. The summed E-state index contributed by atoms with van der Waals surface area (Å²) in [7, 11) is -1.42. The van der Waals surface area contributed by atoms with Crippen LogP contribution in [0.3, 0.4) is 0 Å². The Morgan fingerprint density at radius 2 is 1.48 bits per heavy atom. The van der Waals surface area contributed by atoms with Gasteiger partial charge in [-0.15, -0.1) is 0 Å². The van der Waals surface area contributed by atoms with Gasteiger partial charge in [0.15, 0.2) is 5.82 Å². The van der Waals surface area contributed by atoms with E-state index in [0.717, 1.165) is 30.8 Å². The number of halogens is 3. The van der Waals surface area contributed by atoms with Gasteiger partial charge in [0.05, 0.1) is 5.56 Å². The number of nitrogens with zero attached hydrogens (tertiary/aromatic N) is 3. The summed E-state index contributed by atoms with van der Waals surface area (Å²) in [6.07, 6.45) is -2.32. The lowest BCUT2D eigenvalue weighted by molar-refractivity contribution is -0.137. The zero-order valence-electron chi connectivity index (χ0n) is 24.7. The number of benzene rings is 3. The van der Waals surface area contributed by atoms with Gasteiger partial charge in [-0.1, -0.05) is 87.5 Å². The zero-order valence-corrected chi connectivity index (χ0v) is 25.7. The molecule has 3 aromatic carbocycles. The third-order valence-electron chi connectivity index (χ3n) is 8.63. The van der Waals surface area contributed by atoms with Crippen LogP contribution in [0.2, 0.25) is 0 Å². The number of hydrogen-bond donors (Lipinski definition) is 0. The van der Waals surface area contributed by atoms with Crippen LogP contribution in [0.1, 0.15) is 76.4 Å². The van der Waals surface area contributed by atoms with E-state index in [2.05, 4.69) is 74.4 Å². The molecule has 1 aromatic heterocycles. The van der Waals surface area contributed by atoms with Crippen LogP contribution in [0, 0.1) is 11.8 Å². The maximum Gasteiger partial charge on any atom is 0.416 e. The summed E-state index contributed by atoms with van der Waals surface area (Å²) < 4.78 is 48.9. The van der Waals surface area contributed by atoms with E-state index >= 15 is 0 Å². The zero-order chi connectivity index (χ0) is 29.8. The third-order valence-corrected chi connectivity index (χ3v) is 10.9. The lowest BCUT2D eigenvalue weighted by atomic mass is 9.87. The predicted octanol–water partition coefficient (Wildman–Crippen LogP) is 7.16. The standard InChI is InChI=1S/C34H37F3N3OSi/c1-21(2)40-32(38-31(39-40)22-10-9-11-24(18-22)34(35,36)37)30-28-19-25(20-29(28)30)41-42(26-12-7-6-8-13-26)27-16-14-23(15-17-27)33(3,4)5/h6-18,21,25,28-30H,19-20H2,1-5H3. The van der Waals surface area contributed by atoms with E-state index in [1.165, 1.54) is 22.0 Å². The Bertz CT molecular complexity index is 1530. The summed E-state index contributed by atoms with van der Waals surface area (Å²) in [5.74, 6) is 2.41. The molecule has 0 bridgehead atoms. The van der Waals surface area contributed by atoms with Crippen molar-refractivity contribution in [3.8, 4) is 11.4 Å². The van der Waals surface area contributed by atoms with Gasteiger partial charge in [-0.2, -0.15) is 18.3 Å². The number of rotatable bonds is 7. The van der Waals surface area contributed by atoms with Crippen molar-refractivity contribution in [3.63, 3.8) is 0 Å². The predicted molar refractivity (Wildman–Crippen MR) is 161 cm³/mol. The van der Waals surface area contributed by atoms with Crippen LogP contribution in [-0.2, 0) is 16.0 Å². The lowest BCUT2D eigenvalue weighted by Crippen LogP contribution is -2.47. The highest BCUT2D eigenvalue weighted by atomic mass is 28.3. The Hall–Kier alpha value is -3.23. The molecule has 0 saturated heterocycles. The van der Waals surface area contributed by atoms with Crippen LogP contribution in [0.5, 0.6) is 0 Å². The van der Waals surface area contributed by atoms with Gasteiger partial charge in [0.1, 0.15) is 5.82 Å². The fraction of sp³-hybridized carbons (Fsp3) is 0.412. The van der Waals surface area contributed by atoms with Gasteiger partial charge < -0.3 is 4.43 Å². The Morgan fingerprint density at radius 1 is 0.833 bits per heavy atom. The molecule has 2 atom stereocenters. The highest BCUT2D eigenvalue weighted by Gasteiger charge is 2.59. The summed E-state index contributed by atoms with van der Waals surface area (Å²) in [5, 5.41) is 7.17. The quantitative estimate of drug-likeness (QED) is 0.215. The Kier molecular flexibility index (Phi) is 7.42. The number of aromatic nitrogens is 3. The lowest BCUT2D eigenvalue weighted by Gasteiger charge is -2.24. The molecule has 6 rings (SSSR count). The SMILES string of the molecule is CC(C)n1nc(-c2cccc(C(F)(F)F)c2)nc1C1C2CC(O[Si](c3ccccc3)c3ccc(C(C)(C)C)cc3)CC21. The number of fused-ring (bicyclic) bond motifs is 1. The molecule has 1 radical (unpaired) electrons. The largest absolute Gasteiger partial charge is 0.416 e. The molecule has 8 heteroatoms. The van der Waals surface area contributed by atoms with E-state index in [-0.39, 0.29) is 23.5 Å². The van der Waals surface area contributed by atoms with Crippen LogP contribution in [0.4, 0.5) is 13.2 Å². The fourth-order valence-electron chi connectivity index (χ4n) is 6.35. The average Bonchev–Trinajstić information content (AvgIpc) is 3.27. The first kappa shape index (κ1) is 28.9. The van der Waals surface area contributed by atoms with Crippen LogP contribution < -0.4 is 10.4 Å². The minimum atomic E-state index is -4.41. The van der Waals surface area contributed by atoms with Crippen molar-refractivity contribution in [2.45, 2.75) is 77.1 Å². The second-order valence-corrected chi connectivity index (χ2v) is 15.0. The van der Waals surface area contributed by atoms with Crippen molar-refractivity contribution in [1.82, 2.24) is 14.8 Å². The van der Waals surface area contributed by atoms with E-state index in [1.54, 1.807) is 6.07 Å². The molecule has 2 aliphatic carbocycles. The maximum absolute atomic E-state index is 13.3. The van der Waals surface area contributed by atoms with E-state index in [4.69, 9.17) is 9.41 Å². The van der Waals surface area contributed by atoms with Crippen LogP contribution >= 0.6 is 0 Å². The monoisotopic (exact) mass is 588 g/mol.